The van der Waals surface area contributed by atoms with Crippen molar-refractivity contribution < 1.29 is 22.3 Å². The van der Waals surface area contributed by atoms with Crippen LogP contribution in [0.1, 0.15) is 10.4 Å². The summed E-state index contributed by atoms with van der Waals surface area (Å²) < 4.78 is 46.0. The van der Waals surface area contributed by atoms with Crippen molar-refractivity contribution in [2.75, 3.05) is 18.4 Å². The minimum Gasteiger partial charge on any atom is -0.495 e. The van der Waals surface area contributed by atoms with Crippen molar-refractivity contribution in [2.24, 2.45) is 0 Å². The Labute approximate surface area is 145 Å². The summed E-state index contributed by atoms with van der Waals surface area (Å²) in [6, 6.07) is 9.24. The molecule has 0 saturated carbocycles. The number of nitrogens with one attached hydrogen (secondary N) is 2. The zero-order valence-electron chi connectivity index (χ0n) is 13.5. The number of methoxy groups -OCH3 is 1. The molecule has 2 N–H and O–H groups in total. The summed E-state index contributed by atoms with van der Waals surface area (Å²) >= 11 is 0. The fourth-order valence-electron chi connectivity index (χ4n) is 2.09. The van der Waals surface area contributed by atoms with Gasteiger partial charge in [-0.3, -0.25) is 9.52 Å². The molecule has 0 unspecified atom stereocenters. The van der Waals surface area contributed by atoms with E-state index in [9.17, 15) is 17.6 Å². The highest BCUT2D eigenvalue weighted by molar-refractivity contribution is 7.92. The van der Waals surface area contributed by atoms with Crippen LogP contribution in [-0.4, -0.2) is 28.0 Å². The Morgan fingerprint density at radius 3 is 2.68 bits per heavy atom. The summed E-state index contributed by atoms with van der Waals surface area (Å²) in [4.78, 5) is 11.8. The Kier molecular flexibility index (Phi) is 5.76. The van der Waals surface area contributed by atoms with Crippen LogP contribution in [-0.2, 0) is 10.0 Å². The average Bonchev–Trinajstić information content (AvgIpc) is 2.59. The van der Waals surface area contributed by atoms with Crippen molar-refractivity contribution in [3.05, 3.63) is 66.5 Å². The lowest BCUT2D eigenvalue weighted by Gasteiger charge is -2.14. The second kappa shape index (κ2) is 7.80. The number of sulfonamides is 1. The minimum atomic E-state index is -4.17. The molecule has 0 bridgehead atoms. The molecule has 25 heavy (non-hydrogen) atoms. The van der Waals surface area contributed by atoms with Crippen molar-refractivity contribution in [2.45, 2.75) is 4.90 Å². The fraction of sp³-hybridized carbons (Fsp3) is 0.118. The van der Waals surface area contributed by atoms with Gasteiger partial charge in [-0.15, -0.1) is 6.58 Å². The highest BCUT2D eigenvalue weighted by atomic mass is 32.2. The van der Waals surface area contributed by atoms with E-state index >= 15 is 0 Å². The summed E-state index contributed by atoms with van der Waals surface area (Å²) in [6.45, 7) is 3.73. The Morgan fingerprint density at radius 2 is 2.00 bits per heavy atom. The van der Waals surface area contributed by atoms with Gasteiger partial charge in [-0.2, -0.15) is 0 Å². The number of anilines is 1. The molecule has 0 aliphatic carbocycles. The first-order chi connectivity index (χ1) is 11.9. The highest BCUT2D eigenvalue weighted by Gasteiger charge is 2.22. The van der Waals surface area contributed by atoms with E-state index in [4.69, 9.17) is 4.74 Å². The molecule has 8 heteroatoms. The van der Waals surface area contributed by atoms with Crippen LogP contribution in [0.3, 0.4) is 0 Å². The highest BCUT2D eigenvalue weighted by Crippen LogP contribution is 2.27. The quantitative estimate of drug-likeness (QED) is 0.740. The Bertz CT molecular complexity index is 897. The zero-order valence-corrected chi connectivity index (χ0v) is 14.3. The van der Waals surface area contributed by atoms with E-state index in [2.05, 4.69) is 16.6 Å². The van der Waals surface area contributed by atoms with Gasteiger partial charge in [0.1, 0.15) is 16.5 Å². The van der Waals surface area contributed by atoms with Crippen molar-refractivity contribution in [3.8, 4) is 5.75 Å². The SMILES string of the molecule is C=CCNC(=O)c1ccccc1NS(=O)(=O)c1cc(F)ccc1OC. The van der Waals surface area contributed by atoms with Gasteiger partial charge in [0.05, 0.1) is 18.4 Å². The van der Waals surface area contributed by atoms with Crippen molar-refractivity contribution in [1.82, 2.24) is 5.32 Å². The number of hydrogen-bond donors (Lipinski definition) is 2. The van der Waals surface area contributed by atoms with Crippen molar-refractivity contribution in [1.29, 1.82) is 0 Å². The maximum absolute atomic E-state index is 13.5. The first-order valence-corrected chi connectivity index (χ1v) is 8.72. The number of halogens is 1. The number of ether oxygens (including phenoxy) is 1. The van der Waals surface area contributed by atoms with Gasteiger partial charge in [0.25, 0.3) is 15.9 Å². The zero-order chi connectivity index (χ0) is 18.4. The van der Waals surface area contributed by atoms with E-state index in [1.54, 1.807) is 12.1 Å². The molecule has 0 heterocycles. The van der Waals surface area contributed by atoms with E-state index in [0.29, 0.717) is 0 Å². The van der Waals surface area contributed by atoms with Crippen LogP contribution in [0, 0.1) is 5.82 Å². The summed E-state index contributed by atoms with van der Waals surface area (Å²) in [6.07, 6.45) is 1.50. The lowest BCUT2D eigenvalue weighted by atomic mass is 10.1. The molecule has 2 rings (SSSR count). The predicted octanol–water partition coefficient (Wildman–Crippen LogP) is 2.55. The van der Waals surface area contributed by atoms with E-state index in [1.165, 1.54) is 31.4 Å². The third-order valence-electron chi connectivity index (χ3n) is 3.24. The second-order valence-corrected chi connectivity index (χ2v) is 6.60. The maximum atomic E-state index is 13.5. The van der Waals surface area contributed by atoms with Gasteiger partial charge < -0.3 is 10.1 Å². The maximum Gasteiger partial charge on any atom is 0.265 e. The second-order valence-electron chi connectivity index (χ2n) is 4.94. The minimum absolute atomic E-state index is 0.0116. The molecule has 0 aliphatic rings. The lowest BCUT2D eigenvalue weighted by molar-refractivity contribution is 0.0959. The molecule has 1 amide bonds. The third kappa shape index (κ3) is 4.36. The molecule has 0 aromatic heterocycles. The van der Waals surface area contributed by atoms with Gasteiger partial charge in [-0.25, -0.2) is 12.8 Å². The molecule has 132 valence electrons. The first kappa shape index (κ1) is 18.5. The normalized spacial score (nSPS) is 10.8. The van der Waals surface area contributed by atoms with Gasteiger partial charge in [-0.1, -0.05) is 18.2 Å². The van der Waals surface area contributed by atoms with E-state index < -0.39 is 21.7 Å². The molecular weight excluding hydrogens is 347 g/mol. The molecule has 6 nitrogen and oxygen atoms in total. The van der Waals surface area contributed by atoms with E-state index in [-0.39, 0.29) is 28.4 Å². The number of hydrogen-bond acceptors (Lipinski definition) is 4. The third-order valence-corrected chi connectivity index (χ3v) is 4.62. The average molecular weight is 364 g/mol. The van der Waals surface area contributed by atoms with Gasteiger partial charge in [-0.05, 0) is 30.3 Å². The number of rotatable bonds is 7. The molecule has 2 aromatic rings. The molecule has 0 aliphatic heterocycles. The van der Waals surface area contributed by atoms with Crippen LogP contribution in [0.5, 0.6) is 5.75 Å². The number of para-hydroxylation sites is 1. The van der Waals surface area contributed by atoms with Crippen LogP contribution < -0.4 is 14.8 Å². The number of benzene rings is 2. The monoisotopic (exact) mass is 364 g/mol. The van der Waals surface area contributed by atoms with Crippen molar-refractivity contribution in [3.63, 3.8) is 0 Å². The molecule has 2 aromatic carbocycles. The summed E-state index contributed by atoms with van der Waals surface area (Å²) in [5.41, 5.74) is 0.193. The molecule has 0 fully saturated rings. The summed E-state index contributed by atoms with van der Waals surface area (Å²) in [5, 5.41) is 2.57. The number of amides is 1. The Balaban J connectivity index is 2.41. The van der Waals surface area contributed by atoms with Crippen LogP contribution >= 0.6 is 0 Å². The van der Waals surface area contributed by atoms with Gasteiger partial charge in [0.2, 0.25) is 0 Å². The molecule has 0 radical (unpaired) electrons. The van der Waals surface area contributed by atoms with Gasteiger partial charge in [0, 0.05) is 6.54 Å². The van der Waals surface area contributed by atoms with Crippen LogP contribution in [0.15, 0.2) is 60.0 Å². The summed E-state index contributed by atoms with van der Waals surface area (Å²) in [7, 11) is -2.89. The topological polar surface area (TPSA) is 84.5 Å². The number of carbonyl (C=O) groups is 1. The van der Waals surface area contributed by atoms with E-state index in [0.717, 1.165) is 12.1 Å². The fourth-order valence-corrected chi connectivity index (χ4v) is 3.35. The standard InChI is InChI=1S/C17H17FN2O4S/c1-3-10-19-17(21)13-6-4-5-7-14(13)20-25(22,23)16-11-12(18)8-9-15(16)24-2/h3-9,11,20H,1,10H2,2H3,(H,19,21). The smallest absolute Gasteiger partial charge is 0.265 e. The predicted molar refractivity (Wildman–Crippen MR) is 92.7 cm³/mol. The molecule has 0 saturated heterocycles. The Morgan fingerprint density at radius 1 is 1.28 bits per heavy atom. The van der Waals surface area contributed by atoms with Crippen LogP contribution in [0.25, 0.3) is 0 Å². The Hall–Kier alpha value is -2.87. The summed E-state index contributed by atoms with van der Waals surface area (Å²) in [5.74, 6) is -1.20. The lowest BCUT2D eigenvalue weighted by Crippen LogP contribution is -2.25. The van der Waals surface area contributed by atoms with E-state index in [1.807, 2.05) is 0 Å². The van der Waals surface area contributed by atoms with Crippen molar-refractivity contribution >= 4 is 21.6 Å². The molecular formula is C17H17FN2O4S. The van der Waals surface area contributed by atoms with Gasteiger partial charge >= 0.3 is 0 Å². The first-order valence-electron chi connectivity index (χ1n) is 7.23. The van der Waals surface area contributed by atoms with Crippen LogP contribution in [0.4, 0.5) is 10.1 Å². The van der Waals surface area contributed by atoms with Crippen LogP contribution in [0.2, 0.25) is 0 Å². The molecule has 0 spiro atoms. The van der Waals surface area contributed by atoms with Gasteiger partial charge in [0.15, 0.2) is 0 Å². The largest absolute Gasteiger partial charge is 0.495 e. The number of carbonyl (C=O) groups excluding carboxylic acids is 1. The molecule has 0 atom stereocenters.